The Balaban J connectivity index is 1.82. The summed E-state index contributed by atoms with van der Waals surface area (Å²) >= 11 is 4.90. The van der Waals surface area contributed by atoms with Crippen molar-refractivity contribution in [1.82, 2.24) is 15.2 Å². The Morgan fingerprint density at radius 2 is 2.31 bits per heavy atom. The first-order valence-electron chi connectivity index (χ1n) is 10.4. The predicted molar refractivity (Wildman–Crippen MR) is 124 cm³/mol. The number of aromatic nitrogens is 1. The normalized spacial score (nSPS) is 21.8. The summed E-state index contributed by atoms with van der Waals surface area (Å²) in [5.74, 6) is -0.244. The molecule has 0 radical (unpaired) electrons. The molecule has 0 amide bonds. The maximum absolute atomic E-state index is 13.8. The minimum Gasteiger partial charge on any atom is -0.463 e. The summed E-state index contributed by atoms with van der Waals surface area (Å²) in [4.78, 5) is 24.6. The van der Waals surface area contributed by atoms with Crippen molar-refractivity contribution in [1.29, 1.82) is 0 Å². The quantitative estimate of drug-likeness (QED) is 0.583. The summed E-state index contributed by atoms with van der Waals surface area (Å²) in [6, 6.07) is 3.91. The first-order chi connectivity index (χ1) is 15.5. The highest BCUT2D eigenvalue weighted by atomic mass is 79.9. The van der Waals surface area contributed by atoms with E-state index in [0.717, 1.165) is 6.54 Å². The van der Waals surface area contributed by atoms with E-state index in [4.69, 9.17) is 14.5 Å². The van der Waals surface area contributed by atoms with E-state index in [2.05, 4.69) is 38.1 Å². The van der Waals surface area contributed by atoms with Crippen LogP contribution in [-0.2, 0) is 14.3 Å². The van der Waals surface area contributed by atoms with Gasteiger partial charge in [-0.3, -0.25) is 9.89 Å². The SMILES string of the molecule is CCOC(=O)C1=C(CN2CCOC[C@@H]2C)NC(c2nccs2)=NC1c1ccc(F)cc1Br. The van der Waals surface area contributed by atoms with E-state index in [9.17, 15) is 9.18 Å². The number of rotatable bonds is 6. The third-order valence-corrected chi connectivity index (χ3v) is 6.85. The zero-order valence-corrected chi connectivity index (χ0v) is 20.2. The topological polar surface area (TPSA) is 76.0 Å². The summed E-state index contributed by atoms with van der Waals surface area (Å²) in [6.45, 7) is 6.61. The van der Waals surface area contributed by atoms with Gasteiger partial charge in [0.2, 0.25) is 0 Å². The zero-order valence-electron chi connectivity index (χ0n) is 17.8. The number of aliphatic imine (C=N–C) groups is 1. The average molecular weight is 523 g/mol. The van der Waals surface area contributed by atoms with Gasteiger partial charge < -0.3 is 14.8 Å². The lowest BCUT2D eigenvalue weighted by Crippen LogP contribution is -2.47. The minimum atomic E-state index is -0.671. The zero-order chi connectivity index (χ0) is 22.7. The Bertz CT molecular complexity index is 1040. The van der Waals surface area contributed by atoms with E-state index in [1.54, 1.807) is 19.2 Å². The molecule has 1 aromatic carbocycles. The average Bonchev–Trinajstić information content (AvgIpc) is 3.30. The molecule has 2 aromatic rings. The molecule has 4 rings (SSSR count). The van der Waals surface area contributed by atoms with Crippen molar-refractivity contribution in [2.75, 3.05) is 32.9 Å². The van der Waals surface area contributed by atoms with E-state index < -0.39 is 12.0 Å². The lowest BCUT2D eigenvalue weighted by Gasteiger charge is -2.36. The fourth-order valence-electron chi connectivity index (χ4n) is 3.77. The number of benzene rings is 1. The molecule has 0 bridgehead atoms. The number of hydrogen-bond acceptors (Lipinski definition) is 8. The second-order valence-corrected chi connectivity index (χ2v) is 9.26. The van der Waals surface area contributed by atoms with Gasteiger partial charge in [-0.15, -0.1) is 11.3 Å². The van der Waals surface area contributed by atoms with Crippen LogP contribution in [0.2, 0.25) is 0 Å². The smallest absolute Gasteiger partial charge is 0.338 e. The van der Waals surface area contributed by atoms with E-state index in [1.807, 2.05) is 5.38 Å². The molecule has 2 aliphatic heterocycles. The number of halogens is 2. The van der Waals surface area contributed by atoms with Crippen LogP contribution >= 0.6 is 27.3 Å². The molecule has 2 atom stereocenters. The van der Waals surface area contributed by atoms with Gasteiger partial charge in [0.15, 0.2) is 10.8 Å². The maximum Gasteiger partial charge on any atom is 0.338 e. The molecule has 2 aliphatic rings. The Morgan fingerprint density at radius 3 is 3.00 bits per heavy atom. The number of ether oxygens (including phenoxy) is 2. The van der Waals surface area contributed by atoms with Crippen molar-refractivity contribution in [3.8, 4) is 0 Å². The van der Waals surface area contributed by atoms with Gasteiger partial charge in [0.05, 0.1) is 25.4 Å². The molecule has 0 saturated carbocycles. The molecule has 1 aromatic heterocycles. The van der Waals surface area contributed by atoms with Gasteiger partial charge in [0, 0.05) is 40.9 Å². The molecule has 0 aliphatic carbocycles. The number of amidine groups is 1. The lowest BCUT2D eigenvalue weighted by atomic mass is 9.95. The summed E-state index contributed by atoms with van der Waals surface area (Å²) in [7, 11) is 0. The molecular formula is C22H24BrFN4O3S. The molecule has 3 heterocycles. The molecule has 1 fully saturated rings. The van der Waals surface area contributed by atoms with Gasteiger partial charge in [-0.25, -0.2) is 14.2 Å². The summed E-state index contributed by atoms with van der Waals surface area (Å²) in [5, 5.41) is 5.93. The summed E-state index contributed by atoms with van der Waals surface area (Å²) in [5.41, 5.74) is 1.80. The second-order valence-electron chi connectivity index (χ2n) is 7.52. The predicted octanol–water partition coefficient (Wildman–Crippen LogP) is 3.67. The number of nitrogens with zero attached hydrogens (tertiary/aromatic N) is 3. The summed E-state index contributed by atoms with van der Waals surface area (Å²) in [6.07, 6.45) is 1.71. The number of hydrogen-bond donors (Lipinski definition) is 1. The molecule has 32 heavy (non-hydrogen) atoms. The highest BCUT2D eigenvalue weighted by Crippen LogP contribution is 2.37. The number of morpholine rings is 1. The highest BCUT2D eigenvalue weighted by Gasteiger charge is 2.35. The molecule has 0 spiro atoms. The van der Waals surface area contributed by atoms with Gasteiger partial charge in [-0.1, -0.05) is 22.0 Å². The Hall–Kier alpha value is -2.14. The van der Waals surface area contributed by atoms with Crippen LogP contribution in [0.3, 0.4) is 0 Å². The first-order valence-corrected chi connectivity index (χ1v) is 12.1. The van der Waals surface area contributed by atoms with Crippen LogP contribution in [0, 0.1) is 5.82 Å². The van der Waals surface area contributed by atoms with Gasteiger partial charge in [-0.05, 0) is 31.5 Å². The van der Waals surface area contributed by atoms with Crippen molar-refractivity contribution in [3.05, 3.63) is 61.9 Å². The van der Waals surface area contributed by atoms with Crippen LogP contribution in [0.1, 0.15) is 30.5 Å². The van der Waals surface area contributed by atoms with Gasteiger partial charge in [0.25, 0.3) is 0 Å². The molecular weight excluding hydrogens is 499 g/mol. The highest BCUT2D eigenvalue weighted by molar-refractivity contribution is 9.10. The first kappa shape index (κ1) is 23.0. The van der Waals surface area contributed by atoms with Crippen LogP contribution in [0.5, 0.6) is 0 Å². The number of nitrogens with one attached hydrogen (secondary N) is 1. The molecule has 1 saturated heterocycles. The second kappa shape index (κ2) is 10.2. The molecule has 7 nitrogen and oxygen atoms in total. The van der Waals surface area contributed by atoms with Gasteiger partial charge in [0.1, 0.15) is 11.9 Å². The Labute approximate surface area is 198 Å². The summed E-state index contributed by atoms with van der Waals surface area (Å²) < 4.78 is 25.3. The minimum absolute atomic E-state index is 0.194. The Kier molecular flexibility index (Phi) is 7.34. The third-order valence-electron chi connectivity index (χ3n) is 5.38. The number of carbonyl (C=O) groups is 1. The molecule has 170 valence electrons. The number of esters is 1. The molecule has 1 N–H and O–H groups in total. The largest absolute Gasteiger partial charge is 0.463 e. The van der Waals surface area contributed by atoms with Crippen LogP contribution in [0.15, 0.2) is 50.5 Å². The molecule has 1 unspecified atom stereocenters. The molecule has 10 heteroatoms. The maximum atomic E-state index is 13.8. The van der Waals surface area contributed by atoms with E-state index in [1.165, 1.54) is 23.5 Å². The third kappa shape index (κ3) is 4.93. The lowest BCUT2D eigenvalue weighted by molar-refractivity contribution is -0.139. The van der Waals surface area contributed by atoms with Crippen molar-refractivity contribution in [2.45, 2.75) is 25.9 Å². The van der Waals surface area contributed by atoms with Crippen molar-refractivity contribution >= 4 is 39.1 Å². The fourth-order valence-corrected chi connectivity index (χ4v) is 4.92. The van der Waals surface area contributed by atoms with Crippen LogP contribution < -0.4 is 5.32 Å². The van der Waals surface area contributed by atoms with Crippen LogP contribution in [0.25, 0.3) is 0 Å². The number of carbonyl (C=O) groups excluding carboxylic acids is 1. The monoisotopic (exact) mass is 522 g/mol. The van der Waals surface area contributed by atoms with Gasteiger partial charge >= 0.3 is 5.97 Å². The standard InChI is InChI=1S/C22H24BrFN4O3S/c1-3-31-22(29)18-17(11-28-7-8-30-12-13(28)2)26-20(21-25-6-9-32-21)27-19(18)15-5-4-14(24)10-16(15)23/h4-6,9-10,13,19H,3,7-8,11-12H2,1-2H3,(H,26,27)/t13-,19?/m0/s1. The fraction of sp³-hybridized carbons (Fsp3) is 0.409. The van der Waals surface area contributed by atoms with Crippen LogP contribution in [0.4, 0.5) is 4.39 Å². The van der Waals surface area contributed by atoms with E-state index >= 15 is 0 Å². The van der Waals surface area contributed by atoms with E-state index in [0.29, 0.717) is 51.9 Å². The van der Waals surface area contributed by atoms with Crippen molar-refractivity contribution < 1.29 is 18.7 Å². The van der Waals surface area contributed by atoms with E-state index in [-0.39, 0.29) is 18.5 Å². The Morgan fingerprint density at radius 1 is 1.47 bits per heavy atom. The van der Waals surface area contributed by atoms with Crippen LogP contribution in [-0.4, -0.2) is 60.6 Å². The number of thiazole rings is 1. The van der Waals surface area contributed by atoms with Gasteiger partial charge in [-0.2, -0.15) is 0 Å². The van der Waals surface area contributed by atoms with Crippen molar-refractivity contribution in [3.63, 3.8) is 0 Å². The van der Waals surface area contributed by atoms with Crippen molar-refractivity contribution in [2.24, 2.45) is 4.99 Å².